The van der Waals surface area contributed by atoms with Gasteiger partial charge in [0.05, 0.1) is 22.5 Å². The van der Waals surface area contributed by atoms with Gasteiger partial charge in [-0.15, -0.1) is 0 Å². The summed E-state index contributed by atoms with van der Waals surface area (Å²) in [6.07, 6.45) is 4.62. The van der Waals surface area contributed by atoms with Gasteiger partial charge in [0.15, 0.2) is 0 Å². The van der Waals surface area contributed by atoms with Crippen molar-refractivity contribution in [1.29, 1.82) is 0 Å². The number of rotatable bonds is 2. The molecular weight excluding hydrogens is 301 g/mol. The molecule has 0 saturated heterocycles. The van der Waals surface area contributed by atoms with E-state index in [1.165, 1.54) is 12.4 Å². The van der Waals surface area contributed by atoms with Gasteiger partial charge < -0.3 is 10.3 Å². The van der Waals surface area contributed by atoms with Crippen LogP contribution in [0.5, 0.6) is 0 Å². The van der Waals surface area contributed by atoms with Crippen molar-refractivity contribution in [1.82, 2.24) is 20.1 Å². The van der Waals surface area contributed by atoms with Crippen molar-refractivity contribution in [2.24, 2.45) is 0 Å². The number of benzene rings is 1. The lowest BCUT2D eigenvalue weighted by Gasteiger charge is -2.03. The predicted octanol–water partition coefficient (Wildman–Crippen LogP) is 3.08. The van der Waals surface area contributed by atoms with E-state index in [1.54, 1.807) is 18.3 Å². The highest BCUT2D eigenvalue weighted by Crippen LogP contribution is 2.34. The molecule has 0 aliphatic heterocycles. The summed E-state index contributed by atoms with van der Waals surface area (Å²) in [6, 6.07) is 3.15. The maximum Gasteiger partial charge on any atom is 0.260 e. The number of hydrogen-bond acceptors (Lipinski definition) is 6. The lowest BCUT2D eigenvalue weighted by atomic mass is 10.2. The van der Waals surface area contributed by atoms with Crippen LogP contribution in [0, 0.1) is 0 Å². The monoisotopic (exact) mass is 307 g/mol. The SMILES string of the molecule is Nc1c(Cl)cc(Cl)cc1-c1nc(-c2cnccn2)no1. The summed E-state index contributed by atoms with van der Waals surface area (Å²) in [4.78, 5) is 12.2. The van der Waals surface area contributed by atoms with Crippen LogP contribution in [0.25, 0.3) is 23.0 Å². The standard InChI is InChI=1S/C12H7Cl2N5O/c13-6-3-7(10(15)8(14)4-6)12-18-11(19-20-12)9-5-16-1-2-17-9/h1-5H,15H2. The van der Waals surface area contributed by atoms with Gasteiger partial charge in [-0.05, 0) is 12.1 Å². The Morgan fingerprint density at radius 1 is 1.15 bits per heavy atom. The Bertz CT molecular complexity index is 760. The first-order valence-corrected chi connectivity index (χ1v) is 6.25. The van der Waals surface area contributed by atoms with Gasteiger partial charge in [-0.1, -0.05) is 28.4 Å². The van der Waals surface area contributed by atoms with Gasteiger partial charge in [0.2, 0.25) is 5.82 Å². The Balaban J connectivity index is 2.07. The Morgan fingerprint density at radius 2 is 2.00 bits per heavy atom. The molecule has 0 atom stereocenters. The third-order valence-corrected chi connectivity index (χ3v) is 3.07. The van der Waals surface area contributed by atoms with Crippen molar-refractivity contribution in [3.05, 3.63) is 40.8 Å². The zero-order valence-corrected chi connectivity index (χ0v) is 11.4. The molecule has 0 aliphatic carbocycles. The highest BCUT2D eigenvalue weighted by atomic mass is 35.5. The van der Waals surface area contributed by atoms with Gasteiger partial charge >= 0.3 is 0 Å². The fraction of sp³-hybridized carbons (Fsp3) is 0. The molecule has 2 aromatic heterocycles. The quantitative estimate of drug-likeness (QED) is 0.732. The summed E-state index contributed by atoms with van der Waals surface area (Å²) in [5.41, 5.74) is 7.18. The number of aromatic nitrogens is 4. The van der Waals surface area contributed by atoms with Crippen molar-refractivity contribution in [2.45, 2.75) is 0 Å². The molecule has 8 heteroatoms. The van der Waals surface area contributed by atoms with E-state index < -0.39 is 0 Å². The Kier molecular flexibility index (Phi) is 3.25. The number of nitrogens with zero attached hydrogens (tertiary/aromatic N) is 4. The van der Waals surface area contributed by atoms with Crippen LogP contribution in [-0.2, 0) is 0 Å². The summed E-state index contributed by atoms with van der Waals surface area (Å²) in [5.74, 6) is 0.524. The summed E-state index contributed by atoms with van der Waals surface area (Å²) in [7, 11) is 0. The molecule has 0 bridgehead atoms. The molecular formula is C12H7Cl2N5O. The molecule has 0 fully saturated rings. The maximum absolute atomic E-state index is 5.97. The topological polar surface area (TPSA) is 90.7 Å². The van der Waals surface area contributed by atoms with E-state index in [1.807, 2.05) is 0 Å². The van der Waals surface area contributed by atoms with Crippen LogP contribution in [0.15, 0.2) is 35.2 Å². The number of nitrogens with two attached hydrogens (primary N) is 1. The minimum absolute atomic E-state index is 0.215. The molecule has 0 aliphatic rings. The molecule has 3 rings (SSSR count). The summed E-state index contributed by atoms with van der Waals surface area (Å²) in [5, 5.41) is 4.59. The van der Waals surface area contributed by atoms with E-state index in [0.717, 1.165) is 0 Å². The second-order valence-corrected chi connectivity index (χ2v) is 4.71. The second-order valence-electron chi connectivity index (χ2n) is 3.86. The predicted molar refractivity (Wildman–Crippen MR) is 75.2 cm³/mol. The molecule has 1 aromatic carbocycles. The van der Waals surface area contributed by atoms with Crippen molar-refractivity contribution < 1.29 is 4.52 Å². The van der Waals surface area contributed by atoms with Crippen LogP contribution >= 0.6 is 23.2 Å². The third kappa shape index (κ3) is 2.31. The molecule has 0 radical (unpaired) electrons. The average Bonchev–Trinajstić information content (AvgIpc) is 2.93. The average molecular weight is 308 g/mol. The zero-order chi connectivity index (χ0) is 14.1. The van der Waals surface area contributed by atoms with Crippen molar-refractivity contribution in [3.63, 3.8) is 0 Å². The smallest absolute Gasteiger partial charge is 0.260 e. The van der Waals surface area contributed by atoms with Crippen molar-refractivity contribution in [2.75, 3.05) is 5.73 Å². The minimum Gasteiger partial charge on any atom is -0.397 e. The summed E-state index contributed by atoms with van der Waals surface area (Å²) < 4.78 is 5.17. The lowest BCUT2D eigenvalue weighted by molar-refractivity contribution is 0.432. The second kappa shape index (κ2) is 5.07. The van der Waals surface area contributed by atoms with Gasteiger partial charge in [-0.3, -0.25) is 4.98 Å². The molecule has 100 valence electrons. The van der Waals surface area contributed by atoms with Crippen LogP contribution in [0.1, 0.15) is 0 Å². The van der Waals surface area contributed by atoms with Gasteiger partial charge in [0, 0.05) is 17.4 Å². The fourth-order valence-corrected chi connectivity index (χ4v) is 2.11. The molecule has 2 heterocycles. The first-order chi connectivity index (χ1) is 9.65. The summed E-state index contributed by atoms with van der Waals surface area (Å²) >= 11 is 11.9. The molecule has 6 nitrogen and oxygen atoms in total. The normalized spacial score (nSPS) is 10.7. The van der Waals surface area contributed by atoms with E-state index in [0.29, 0.717) is 32.8 Å². The van der Waals surface area contributed by atoms with Crippen molar-refractivity contribution >= 4 is 28.9 Å². The summed E-state index contributed by atoms with van der Waals surface area (Å²) in [6.45, 7) is 0. The van der Waals surface area contributed by atoms with Crippen LogP contribution < -0.4 is 5.73 Å². The maximum atomic E-state index is 5.97. The highest BCUT2D eigenvalue weighted by molar-refractivity contribution is 6.37. The highest BCUT2D eigenvalue weighted by Gasteiger charge is 2.16. The molecule has 20 heavy (non-hydrogen) atoms. The van der Waals surface area contributed by atoms with Gasteiger partial charge in [0.25, 0.3) is 5.89 Å². The molecule has 3 aromatic rings. The Morgan fingerprint density at radius 3 is 2.75 bits per heavy atom. The largest absolute Gasteiger partial charge is 0.397 e. The van der Waals surface area contributed by atoms with E-state index in [-0.39, 0.29) is 5.89 Å². The van der Waals surface area contributed by atoms with E-state index in [2.05, 4.69) is 20.1 Å². The molecule has 0 unspecified atom stereocenters. The number of anilines is 1. The molecule has 2 N–H and O–H groups in total. The van der Waals surface area contributed by atoms with Crippen LogP contribution in [0.2, 0.25) is 10.0 Å². The Hall–Kier alpha value is -2.18. The fourth-order valence-electron chi connectivity index (χ4n) is 1.61. The van der Waals surface area contributed by atoms with Crippen LogP contribution in [-0.4, -0.2) is 20.1 Å². The van der Waals surface area contributed by atoms with Crippen molar-refractivity contribution in [3.8, 4) is 23.0 Å². The Labute approximate surface area is 123 Å². The van der Waals surface area contributed by atoms with Gasteiger partial charge in [-0.25, -0.2) is 4.98 Å². The van der Waals surface area contributed by atoms with E-state index >= 15 is 0 Å². The third-order valence-electron chi connectivity index (χ3n) is 2.54. The lowest BCUT2D eigenvalue weighted by Crippen LogP contribution is -1.92. The van der Waals surface area contributed by atoms with E-state index in [4.69, 9.17) is 33.5 Å². The molecule has 0 spiro atoms. The number of halogens is 2. The molecule has 0 amide bonds. The first kappa shape index (κ1) is 12.8. The van der Waals surface area contributed by atoms with Gasteiger partial charge in [-0.2, -0.15) is 4.98 Å². The number of hydrogen-bond donors (Lipinski definition) is 1. The first-order valence-electron chi connectivity index (χ1n) is 5.50. The van der Waals surface area contributed by atoms with Crippen LogP contribution in [0.4, 0.5) is 5.69 Å². The van der Waals surface area contributed by atoms with Crippen LogP contribution in [0.3, 0.4) is 0 Å². The van der Waals surface area contributed by atoms with Gasteiger partial charge in [0.1, 0.15) is 5.69 Å². The minimum atomic E-state index is 0.215. The zero-order valence-electron chi connectivity index (χ0n) is 9.92. The van der Waals surface area contributed by atoms with E-state index in [9.17, 15) is 0 Å². The number of nitrogen functional groups attached to an aromatic ring is 1. The molecule has 0 saturated carbocycles.